The molecule has 0 atom stereocenters. The van der Waals surface area contributed by atoms with Gasteiger partial charge in [0.15, 0.2) is 0 Å². The summed E-state index contributed by atoms with van der Waals surface area (Å²) in [4.78, 5) is 14.2. The molecule has 2 amide bonds. The molecule has 0 spiro atoms. The number of nitrogens with two attached hydrogens (primary N) is 1. The number of pyridine rings is 1. The fourth-order valence-corrected chi connectivity index (χ4v) is 0.920. The number of urea groups is 1. The van der Waals surface area contributed by atoms with Crippen LogP contribution in [0.3, 0.4) is 0 Å². The summed E-state index contributed by atoms with van der Waals surface area (Å²) in [5.74, 6) is 0. The molecule has 0 fully saturated rings. The van der Waals surface area contributed by atoms with Crippen LogP contribution in [-0.2, 0) is 6.54 Å². The Kier molecular flexibility index (Phi) is 2.88. The highest BCUT2D eigenvalue weighted by Gasteiger charge is 1.99. The lowest BCUT2D eigenvalue weighted by molar-refractivity contribution is 0.248. The second-order valence-electron chi connectivity index (χ2n) is 2.17. The Hall–Kier alpha value is -1.29. The number of halogens is 1. The third-order valence-corrected chi connectivity index (χ3v) is 1.63. The van der Waals surface area contributed by atoms with Crippen LogP contribution in [0.15, 0.2) is 18.3 Å². The van der Waals surface area contributed by atoms with Crippen LogP contribution >= 0.6 is 11.6 Å². The molecule has 1 aromatic heterocycles. The average molecular weight is 186 g/mol. The van der Waals surface area contributed by atoms with E-state index >= 15 is 0 Å². The first-order valence-electron chi connectivity index (χ1n) is 3.33. The van der Waals surface area contributed by atoms with E-state index in [0.717, 1.165) is 5.56 Å². The number of rotatable bonds is 2. The van der Waals surface area contributed by atoms with E-state index in [2.05, 4.69) is 10.3 Å². The Morgan fingerprint density at radius 3 is 3.08 bits per heavy atom. The van der Waals surface area contributed by atoms with Gasteiger partial charge in [0.05, 0.1) is 0 Å². The fourth-order valence-electron chi connectivity index (χ4n) is 0.734. The fraction of sp³-hybridized carbons (Fsp3) is 0.143. The Balaban J connectivity index is 2.63. The van der Waals surface area contributed by atoms with Gasteiger partial charge in [0.25, 0.3) is 0 Å². The Bertz CT molecular complexity index is 290. The maximum absolute atomic E-state index is 10.3. The van der Waals surface area contributed by atoms with Crippen LogP contribution in [0.2, 0.25) is 5.15 Å². The molecule has 0 unspecified atom stereocenters. The minimum atomic E-state index is -0.574. The molecular formula is C7H8ClN3O. The van der Waals surface area contributed by atoms with Gasteiger partial charge in [-0.2, -0.15) is 0 Å². The maximum atomic E-state index is 10.3. The van der Waals surface area contributed by atoms with Gasteiger partial charge in [0.2, 0.25) is 0 Å². The molecule has 0 radical (unpaired) electrons. The van der Waals surface area contributed by atoms with Crippen molar-refractivity contribution in [2.75, 3.05) is 0 Å². The number of hydrogen-bond acceptors (Lipinski definition) is 2. The first kappa shape index (κ1) is 8.80. The summed E-state index contributed by atoms with van der Waals surface area (Å²) in [6.45, 7) is 0.308. The van der Waals surface area contributed by atoms with Crippen molar-refractivity contribution in [2.45, 2.75) is 6.54 Å². The Labute approximate surface area is 74.7 Å². The molecule has 0 bridgehead atoms. The van der Waals surface area contributed by atoms with Crippen LogP contribution in [0.1, 0.15) is 5.56 Å². The van der Waals surface area contributed by atoms with E-state index < -0.39 is 6.03 Å². The van der Waals surface area contributed by atoms with E-state index in [4.69, 9.17) is 17.3 Å². The number of aromatic nitrogens is 1. The highest BCUT2D eigenvalue weighted by atomic mass is 35.5. The van der Waals surface area contributed by atoms with E-state index in [-0.39, 0.29) is 0 Å². The molecule has 0 aliphatic carbocycles. The van der Waals surface area contributed by atoms with Crippen LogP contribution in [0.25, 0.3) is 0 Å². The molecule has 64 valence electrons. The van der Waals surface area contributed by atoms with E-state index in [1.54, 1.807) is 18.3 Å². The van der Waals surface area contributed by atoms with Crippen LogP contribution in [0.5, 0.6) is 0 Å². The van der Waals surface area contributed by atoms with E-state index in [1.165, 1.54) is 0 Å². The van der Waals surface area contributed by atoms with Gasteiger partial charge < -0.3 is 11.1 Å². The van der Waals surface area contributed by atoms with E-state index in [9.17, 15) is 4.79 Å². The van der Waals surface area contributed by atoms with Gasteiger partial charge in [0.1, 0.15) is 5.15 Å². The molecule has 0 saturated carbocycles. The highest BCUT2D eigenvalue weighted by molar-refractivity contribution is 6.30. The van der Waals surface area contributed by atoms with Crippen LogP contribution < -0.4 is 11.1 Å². The van der Waals surface area contributed by atoms with Crippen molar-refractivity contribution in [2.24, 2.45) is 5.73 Å². The summed E-state index contributed by atoms with van der Waals surface area (Å²) in [6.07, 6.45) is 1.58. The summed E-state index contributed by atoms with van der Waals surface area (Å²) in [7, 11) is 0. The highest BCUT2D eigenvalue weighted by Crippen LogP contribution is 2.10. The van der Waals surface area contributed by atoms with Gasteiger partial charge in [0, 0.05) is 18.3 Å². The predicted octanol–water partition coefficient (Wildman–Crippen LogP) is 0.903. The maximum Gasteiger partial charge on any atom is 0.312 e. The van der Waals surface area contributed by atoms with Crippen molar-refractivity contribution in [3.63, 3.8) is 0 Å². The quantitative estimate of drug-likeness (QED) is 0.673. The molecule has 3 N–H and O–H groups in total. The molecule has 0 aliphatic rings. The van der Waals surface area contributed by atoms with Crippen molar-refractivity contribution in [1.82, 2.24) is 10.3 Å². The molecule has 1 rings (SSSR count). The van der Waals surface area contributed by atoms with Gasteiger partial charge in [-0.05, 0) is 6.07 Å². The molecule has 12 heavy (non-hydrogen) atoms. The first-order chi connectivity index (χ1) is 5.70. The van der Waals surface area contributed by atoms with E-state index in [1.807, 2.05) is 0 Å². The third-order valence-electron chi connectivity index (χ3n) is 1.29. The standard InChI is InChI=1S/C7H8ClN3O/c8-6-5(2-1-3-10-6)4-11-7(9)12/h1-3H,4H2,(H3,9,11,12). The van der Waals surface area contributed by atoms with Gasteiger partial charge >= 0.3 is 6.03 Å². The molecular weight excluding hydrogens is 178 g/mol. The number of carbonyl (C=O) groups is 1. The van der Waals surface area contributed by atoms with Crippen molar-refractivity contribution >= 4 is 17.6 Å². The van der Waals surface area contributed by atoms with Gasteiger partial charge in [-0.25, -0.2) is 9.78 Å². The largest absolute Gasteiger partial charge is 0.352 e. The van der Waals surface area contributed by atoms with Gasteiger partial charge in [-0.1, -0.05) is 17.7 Å². The lowest BCUT2D eigenvalue weighted by Gasteiger charge is -2.02. The molecule has 5 heteroatoms. The van der Waals surface area contributed by atoms with Gasteiger partial charge in [-0.15, -0.1) is 0 Å². The minimum Gasteiger partial charge on any atom is -0.352 e. The van der Waals surface area contributed by atoms with Crippen molar-refractivity contribution in [1.29, 1.82) is 0 Å². The zero-order valence-electron chi connectivity index (χ0n) is 6.25. The number of nitrogens with one attached hydrogen (secondary N) is 1. The second-order valence-corrected chi connectivity index (χ2v) is 2.53. The van der Waals surface area contributed by atoms with Crippen LogP contribution in [0.4, 0.5) is 4.79 Å². The summed E-state index contributed by atoms with van der Waals surface area (Å²) in [6, 6.07) is 2.93. The monoisotopic (exact) mass is 185 g/mol. The smallest absolute Gasteiger partial charge is 0.312 e. The molecule has 4 nitrogen and oxygen atoms in total. The number of primary amides is 1. The Morgan fingerprint density at radius 2 is 2.50 bits per heavy atom. The lowest BCUT2D eigenvalue weighted by Crippen LogP contribution is -2.28. The van der Waals surface area contributed by atoms with Crippen molar-refractivity contribution < 1.29 is 4.79 Å². The summed E-state index contributed by atoms with van der Waals surface area (Å²) in [5, 5.41) is 2.80. The summed E-state index contributed by atoms with van der Waals surface area (Å²) < 4.78 is 0. The van der Waals surface area contributed by atoms with E-state index in [0.29, 0.717) is 11.7 Å². The molecule has 0 aromatic carbocycles. The third kappa shape index (κ3) is 2.39. The molecule has 0 aliphatic heterocycles. The number of nitrogens with zero attached hydrogens (tertiary/aromatic N) is 1. The first-order valence-corrected chi connectivity index (χ1v) is 3.70. The van der Waals surface area contributed by atoms with Crippen LogP contribution in [0, 0.1) is 0 Å². The molecule has 1 heterocycles. The number of amides is 2. The molecule has 0 saturated heterocycles. The normalized spacial score (nSPS) is 9.42. The Morgan fingerprint density at radius 1 is 1.75 bits per heavy atom. The predicted molar refractivity (Wildman–Crippen MR) is 45.7 cm³/mol. The SMILES string of the molecule is NC(=O)NCc1cccnc1Cl. The number of hydrogen-bond donors (Lipinski definition) is 2. The number of carbonyl (C=O) groups excluding carboxylic acids is 1. The van der Waals surface area contributed by atoms with Crippen molar-refractivity contribution in [3.8, 4) is 0 Å². The second kappa shape index (κ2) is 3.92. The zero-order chi connectivity index (χ0) is 8.97. The topological polar surface area (TPSA) is 68.0 Å². The van der Waals surface area contributed by atoms with Gasteiger partial charge in [-0.3, -0.25) is 0 Å². The minimum absolute atomic E-state index is 0.308. The zero-order valence-corrected chi connectivity index (χ0v) is 7.01. The average Bonchev–Trinajstić information content (AvgIpc) is 2.03. The van der Waals surface area contributed by atoms with Crippen molar-refractivity contribution in [3.05, 3.63) is 29.0 Å². The summed E-state index contributed by atoms with van der Waals surface area (Å²) in [5.41, 5.74) is 5.62. The van der Waals surface area contributed by atoms with Crippen LogP contribution in [-0.4, -0.2) is 11.0 Å². The summed E-state index contributed by atoms with van der Waals surface area (Å²) >= 11 is 5.70. The molecule has 1 aromatic rings. The lowest BCUT2D eigenvalue weighted by atomic mass is 10.3.